The molecule has 0 aliphatic carbocycles. The van der Waals surface area contributed by atoms with Crippen LogP contribution >= 0.6 is 11.3 Å². The predicted molar refractivity (Wildman–Crippen MR) is 94.0 cm³/mol. The van der Waals surface area contributed by atoms with E-state index in [0.717, 1.165) is 21.5 Å². The maximum absolute atomic E-state index is 4.29. The molecular formula is C17H14N6S. The molecule has 0 atom stereocenters. The Hall–Kier alpha value is -3.06. The number of hydrogen-bond donors (Lipinski definition) is 1. The van der Waals surface area contributed by atoms with Gasteiger partial charge in [-0.25, -0.2) is 4.98 Å². The standard InChI is InChI=1S/C17H14N6S/c1-2-8-19-15(3-1)16-21-22-17(24-16)20-11-13-4-6-14(7-5-13)23-10-9-18-12-23/h1-10,12H,11H2,(H,20,22). The summed E-state index contributed by atoms with van der Waals surface area (Å²) in [5.41, 5.74) is 3.10. The summed E-state index contributed by atoms with van der Waals surface area (Å²) in [5, 5.41) is 13.3. The summed E-state index contributed by atoms with van der Waals surface area (Å²) in [7, 11) is 0. The number of pyridine rings is 1. The zero-order valence-corrected chi connectivity index (χ0v) is 13.5. The van der Waals surface area contributed by atoms with E-state index in [1.165, 1.54) is 16.9 Å². The molecule has 0 spiro atoms. The Bertz CT molecular complexity index is 900. The van der Waals surface area contributed by atoms with Crippen LogP contribution < -0.4 is 5.32 Å². The quantitative estimate of drug-likeness (QED) is 0.606. The van der Waals surface area contributed by atoms with E-state index < -0.39 is 0 Å². The number of benzene rings is 1. The van der Waals surface area contributed by atoms with E-state index in [0.29, 0.717) is 6.54 Å². The van der Waals surface area contributed by atoms with Crippen LogP contribution in [0.5, 0.6) is 0 Å². The second-order valence-corrected chi connectivity index (χ2v) is 6.09. The Kier molecular flexibility index (Phi) is 3.99. The van der Waals surface area contributed by atoms with Gasteiger partial charge in [-0.2, -0.15) is 0 Å². The molecule has 1 aromatic carbocycles. The monoisotopic (exact) mass is 334 g/mol. The summed E-state index contributed by atoms with van der Waals surface area (Å²) in [5.74, 6) is 0. The first-order chi connectivity index (χ1) is 11.9. The van der Waals surface area contributed by atoms with Crippen molar-refractivity contribution in [3.05, 3.63) is 72.9 Å². The fraction of sp³-hybridized carbons (Fsp3) is 0.0588. The van der Waals surface area contributed by atoms with Crippen molar-refractivity contribution in [2.24, 2.45) is 0 Å². The highest BCUT2D eigenvalue weighted by Crippen LogP contribution is 2.24. The molecule has 0 fully saturated rings. The normalized spacial score (nSPS) is 10.7. The molecule has 1 N–H and O–H groups in total. The first-order valence-electron chi connectivity index (χ1n) is 7.44. The van der Waals surface area contributed by atoms with Gasteiger partial charge in [0.2, 0.25) is 5.13 Å². The Labute approximate surface area is 142 Å². The molecule has 7 heteroatoms. The summed E-state index contributed by atoms with van der Waals surface area (Å²) < 4.78 is 1.97. The summed E-state index contributed by atoms with van der Waals surface area (Å²) in [6.45, 7) is 0.695. The van der Waals surface area contributed by atoms with Crippen LogP contribution in [-0.4, -0.2) is 24.7 Å². The molecule has 0 amide bonds. The van der Waals surface area contributed by atoms with Crippen molar-refractivity contribution in [1.29, 1.82) is 0 Å². The molecule has 3 heterocycles. The third-order valence-electron chi connectivity index (χ3n) is 3.49. The van der Waals surface area contributed by atoms with E-state index in [2.05, 4.69) is 49.7 Å². The lowest BCUT2D eigenvalue weighted by atomic mass is 10.2. The number of aromatic nitrogens is 5. The van der Waals surface area contributed by atoms with Gasteiger partial charge in [0.15, 0.2) is 5.01 Å². The number of rotatable bonds is 5. The first-order valence-corrected chi connectivity index (χ1v) is 8.26. The number of anilines is 1. The maximum atomic E-state index is 4.29. The van der Waals surface area contributed by atoms with Crippen LogP contribution in [0.3, 0.4) is 0 Å². The van der Waals surface area contributed by atoms with Gasteiger partial charge >= 0.3 is 0 Å². The minimum Gasteiger partial charge on any atom is -0.356 e. The largest absolute Gasteiger partial charge is 0.356 e. The first kappa shape index (κ1) is 14.5. The van der Waals surface area contributed by atoms with Crippen molar-refractivity contribution in [3.63, 3.8) is 0 Å². The van der Waals surface area contributed by atoms with Crippen LogP contribution in [-0.2, 0) is 6.54 Å². The summed E-state index contributed by atoms with van der Waals surface area (Å²) in [6, 6.07) is 14.1. The van der Waals surface area contributed by atoms with Crippen molar-refractivity contribution < 1.29 is 0 Å². The molecule has 0 aliphatic heterocycles. The van der Waals surface area contributed by atoms with Crippen LogP contribution in [0.4, 0.5) is 5.13 Å². The molecule has 3 aromatic heterocycles. The average Bonchev–Trinajstić information content (AvgIpc) is 3.33. The fourth-order valence-corrected chi connectivity index (χ4v) is 2.98. The zero-order chi connectivity index (χ0) is 16.2. The molecule has 4 rings (SSSR count). The Balaban J connectivity index is 1.41. The van der Waals surface area contributed by atoms with Crippen LogP contribution in [0, 0.1) is 0 Å². The summed E-state index contributed by atoms with van der Waals surface area (Å²) in [4.78, 5) is 8.34. The lowest BCUT2D eigenvalue weighted by Crippen LogP contribution is -1.99. The van der Waals surface area contributed by atoms with E-state index in [-0.39, 0.29) is 0 Å². The van der Waals surface area contributed by atoms with Gasteiger partial charge in [-0.3, -0.25) is 4.98 Å². The zero-order valence-electron chi connectivity index (χ0n) is 12.7. The second-order valence-electron chi connectivity index (χ2n) is 5.12. The molecule has 0 unspecified atom stereocenters. The Morgan fingerprint density at radius 1 is 1.00 bits per heavy atom. The van der Waals surface area contributed by atoms with Gasteiger partial charge in [0.25, 0.3) is 0 Å². The van der Waals surface area contributed by atoms with Crippen molar-refractivity contribution in [3.8, 4) is 16.4 Å². The van der Waals surface area contributed by atoms with Gasteiger partial charge in [-0.05, 0) is 29.8 Å². The van der Waals surface area contributed by atoms with Gasteiger partial charge in [-0.1, -0.05) is 29.5 Å². The molecule has 6 nitrogen and oxygen atoms in total. The van der Waals surface area contributed by atoms with Gasteiger partial charge in [0, 0.05) is 30.8 Å². The lowest BCUT2D eigenvalue weighted by molar-refractivity contribution is 1.04. The average molecular weight is 334 g/mol. The maximum Gasteiger partial charge on any atom is 0.206 e. The molecule has 0 saturated heterocycles. The van der Waals surface area contributed by atoms with Gasteiger partial charge in [0.1, 0.15) is 5.69 Å². The Morgan fingerprint density at radius 2 is 1.92 bits per heavy atom. The third kappa shape index (κ3) is 3.16. The van der Waals surface area contributed by atoms with Crippen LogP contribution in [0.1, 0.15) is 5.56 Å². The molecule has 0 saturated carbocycles. The third-order valence-corrected chi connectivity index (χ3v) is 4.40. The van der Waals surface area contributed by atoms with Gasteiger partial charge < -0.3 is 9.88 Å². The molecule has 0 radical (unpaired) electrons. The highest BCUT2D eigenvalue weighted by atomic mass is 32.1. The SMILES string of the molecule is c1ccc(-c2nnc(NCc3ccc(-n4ccnc4)cc3)s2)nc1. The van der Waals surface area contributed by atoms with Crippen LogP contribution in [0.15, 0.2) is 67.4 Å². The molecule has 0 aliphatic rings. The van der Waals surface area contributed by atoms with E-state index in [9.17, 15) is 0 Å². The van der Waals surface area contributed by atoms with Crippen molar-refractivity contribution in [2.45, 2.75) is 6.54 Å². The van der Waals surface area contributed by atoms with E-state index in [4.69, 9.17) is 0 Å². The minimum atomic E-state index is 0.695. The molecule has 118 valence electrons. The minimum absolute atomic E-state index is 0.695. The highest BCUT2D eigenvalue weighted by molar-refractivity contribution is 7.18. The van der Waals surface area contributed by atoms with Gasteiger partial charge in [0.05, 0.1) is 6.33 Å². The van der Waals surface area contributed by atoms with Gasteiger partial charge in [-0.15, -0.1) is 10.2 Å². The second kappa shape index (κ2) is 6.59. The predicted octanol–water partition coefficient (Wildman–Crippen LogP) is 3.40. The summed E-state index contributed by atoms with van der Waals surface area (Å²) in [6.07, 6.45) is 7.23. The number of hydrogen-bond acceptors (Lipinski definition) is 6. The number of nitrogens with zero attached hydrogens (tertiary/aromatic N) is 5. The van der Waals surface area contributed by atoms with Crippen molar-refractivity contribution in [1.82, 2.24) is 24.7 Å². The van der Waals surface area contributed by atoms with Crippen LogP contribution in [0.2, 0.25) is 0 Å². The number of nitrogens with one attached hydrogen (secondary N) is 1. The Morgan fingerprint density at radius 3 is 2.67 bits per heavy atom. The topological polar surface area (TPSA) is 68.5 Å². The molecule has 0 bridgehead atoms. The molecule has 24 heavy (non-hydrogen) atoms. The van der Waals surface area contributed by atoms with Crippen molar-refractivity contribution in [2.75, 3.05) is 5.32 Å². The lowest BCUT2D eigenvalue weighted by Gasteiger charge is -2.05. The number of imidazole rings is 1. The molecular weight excluding hydrogens is 320 g/mol. The summed E-state index contributed by atoms with van der Waals surface area (Å²) >= 11 is 1.50. The fourth-order valence-electron chi connectivity index (χ4n) is 2.26. The van der Waals surface area contributed by atoms with Crippen molar-refractivity contribution >= 4 is 16.5 Å². The smallest absolute Gasteiger partial charge is 0.206 e. The van der Waals surface area contributed by atoms with E-state index in [1.807, 2.05) is 29.0 Å². The van der Waals surface area contributed by atoms with E-state index >= 15 is 0 Å². The van der Waals surface area contributed by atoms with E-state index in [1.54, 1.807) is 18.7 Å². The molecule has 4 aromatic rings. The van der Waals surface area contributed by atoms with Crippen LogP contribution in [0.25, 0.3) is 16.4 Å². The highest BCUT2D eigenvalue weighted by Gasteiger charge is 2.07.